The van der Waals surface area contributed by atoms with Gasteiger partial charge < -0.3 is 15.0 Å². The van der Waals surface area contributed by atoms with Crippen LogP contribution in [0, 0.1) is 0 Å². The number of rotatable bonds is 15. The summed E-state index contributed by atoms with van der Waals surface area (Å²) in [6.07, 6.45) is 1.66. The van der Waals surface area contributed by atoms with Crippen molar-refractivity contribution in [3.05, 3.63) is 94.0 Å². The summed E-state index contributed by atoms with van der Waals surface area (Å²) in [4.78, 5) is 28.8. The number of amides is 2. The van der Waals surface area contributed by atoms with Crippen LogP contribution in [0.4, 0.5) is 5.69 Å². The molecule has 0 aromatic heterocycles. The van der Waals surface area contributed by atoms with Crippen LogP contribution in [0.3, 0.4) is 0 Å². The van der Waals surface area contributed by atoms with Gasteiger partial charge in [-0.25, -0.2) is 8.42 Å². The molecule has 1 N–H and O–H groups in total. The first-order valence-corrected chi connectivity index (χ1v) is 16.4. The monoisotopic (exact) mass is 633 g/mol. The fourth-order valence-electron chi connectivity index (χ4n) is 4.60. The number of para-hydroxylation sites is 2. The number of carbonyl (C=O) groups excluding carboxylic acids is 2. The standard InChI is InChI=1S/C31H37Cl2N3O5S/c1-4-34-31(38)28(21-23-12-7-6-8-13-23)35(22-24-17-18-25(32)26(33)20-24)30(37)16-11-19-36(42(3,39)40)27-14-9-10-15-29(27)41-5-2/h6-10,12-15,17-18,20,28H,4-5,11,16,19,21-22H2,1-3H3,(H,34,38). The van der Waals surface area contributed by atoms with Crippen LogP contribution in [0.25, 0.3) is 0 Å². The van der Waals surface area contributed by atoms with Crippen LogP contribution in [0.2, 0.25) is 10.0 Å². The van der Waals surface area contributed by atoms with E-state index in [9.17, 15) is 18.0 Å². The van der Waals surface area contributed by atoms with Crippen molar-refractivity contribution in [1.82, 2.24) is 10.2 Å². The molecule has 0 bridgehead atoms. The second-order valence-corrected chi connectivity index (χ2v) is 12.4. The predicted molar refractivity (Wildman–Crippen MR) is 169 cm³/mol. The van der Waals surface area contributed by atoms with Gasteiger partial charge in [0.25, 0.3) is 0 Å². The summed E-state index contributed by atoms with van der Waals surface area (Å²) >= 11 is 12.4. The van der Waals surface area contributed by atoms with Crippen molar-refractivity contribution in [1.29, 1.82) is 0 Å². The van der Waals surface area contributed by atoms with Crippen LogP contribution in [0.1, 0.15) is 37.8 Å². The van der Waals surface area contributed by atoms with Gasteiger partial charge in [-0.1, -0.05) is 71.7 Å². The highest BCUT2D eigenvalue weighted by molar-refractivity contribution is 7.92. The number of likely N-dealkylation sites (N-methyl/N-ethyl adjacent to an activating group) is 1. The molecular formula is C31H37Cl2N3O5S. The Labute approximate surface area is 258 Å². The molecule has 0 fully saturated rings. The van der Waals surface area contributed by atoms with Crippen LogP contribution in [-0.2, 0) is 32.6 Å². The number of halogens is 2. The van der Waals surface area contributed by atoms with E-state index in [0.717, 1.165) is 11.8 Å². The Bertz CT molecular complexity index is 1450. The molecule has 1 unspecified atom stereocenters. The average molecular weight is 635 g/mol. The Balaban J connectivity index is 1.90. The lowest BCUT2D eigenvalue weighted by Crippen LogP contribution is -2.50. The first kappa shape index (κ1) is 33.2. The molecule has 226 valence electrons. The molecule has 42 heavy (non-hydrogen) atoms. The number of sulfonamides is 1. The van der Waals surface area contributed by atoms with Crippen LogP contribution in [0.15, 0.2) is 72.8 Å². The molecule has 3 rings (SSSR count). The van der Waals surface area contributed by atoms with Gasteiger partial charge in [0.2, 0.25) is 21.8 Å². The molecule has 1 atom stereocenters. The summed E-state index contributed by atoms with van der Waals surface area (Å²) in [5.41, 5.74) is 2.02. The highest BCUT2D eigenvalue weighted by Gasteiger charge is 2.30. The van der Waals surface area contributed by atoms with Crippen molar-refractivity contribution in [2.24, 2.45) is 0 Å². The van der Waals surface area contributed by atoms with E-state index in [0.29, 0.717) is 46.6 Å². The van der Waals surface area contributed by atoms with Crippen LogP contribution < -0.4 is 14.4 Å². The number of anilines is 1. The van der Waals surface area contributed by atoms with Gasteiger partial charge in [0, 0.05) is 32.5 Å². The molecule has 8 nitrogen and oxygen atoms in total. The Morgan fingerprint density at radius 2 is 1.62 bits per heavy atom. The molecular weight excluding hydrogens is 597 g/mol. The van der Waals surface area contributed by atoms with Gasteiger partial charge in [-0.3, -0.25) is 13.9 Å². The first-order valence-electron chi connectivity index (χ1n) is 13.8. The van der Waals surface area contributed by atoms with E-state index in [4.69, 9.17) is 27.9 Å². The minimum Gasteiger partial charge on any atom is -0.492 e. The lowest BCUT2D eigenvalue weighted by atomic mass is 10.0. The van der Waals surface area contributed by atoms with Gasteiger partial charge in [-0.2, -0.15) is 0 Å². The smallest absolute Gasteiger partial charge is 0.243 e. The predicted octanol–water partition coefficient (Wildman–Crippen LogP) is 5.71. The maximum Gasteiger partial charge on any atom is 0.243 e. The Hall–Kier alpha value is -3.27. The van der Waals surface area contributed by atoms with E-state index in [1.165, 1.54) is 9.21 Å². The summed E-state index contributed by atoms with van der Waals surface area (Å²) in [6, 6.07) is 20.7. The molecule has 0 aliphatic rings. The van der Waals surface area contributed by atoms with E-state index < -0.39 is 16.1 Å². The fourth-order valence-corrected chi connectivity index (χ4v) is 5.89. The van der Waals surface area contributed by atoms with Crippen LogP contribution in [0.5, 0.6) is 5.75 Å². The van der Waals surface area contributed by atoms with Crippen molar-refractivity contribution in [2.45, 2.75) is 45.7 Å². The number of benzene rings is 3. The van der Waals surface area contributed by atoms with Crippen molar-refractivity contribution in [3.8, 4) is 5.75 Å². The zero-order valence-corrected chi connectivity index (χ0v) is 26.4. The zero-order chi connectivity index (χ0) is 30.7. The van der Waals surface area contributed by atoms with Gasteiger partial charge in [-0.15, -0.1) is 0 Å². The summed E-state index contributed by atoms with van der Waals surface area (Å²) in [5, 5.41) is 3.59. The van der Waals surface area contributed by atoms with Crippen LogP contribution in [-0.4, -0.2) is 57.1 Å². The minimum atomic E-state index is -3.68. The highest BCUT2D eigenvalue weighted by Crippen LogP contribution is 2.30. The lowest BCUT2D eigenvalue weighted by Gasteiger charge is -2.32. The Kier molecular flexibility index (Phi) is 12.5. The molecule has 11 heteroatoms. The second kappa shape index (κ2) is 15.8. The molecule has 0 radical (unpaired) electrons. The van der Waals surface area contributed by atoms with E-state index in [2.05, 4.69) is 5.32 Å². The van der Waals surface area contributed by atoms with Crippen molar-refractivity contribution in [2.75, 3.05) is 30.3 Å². The van der Waals surface area contributed by atoms with Crippen molar-refractivity contribution >= 4 is 50.7 Å². The largest absolute Gasteiger partial charge is 0.492 e. The molecule has 0 heterocycles. The summed E-state index contributed by atoms with van der Waals surface area (Å²) in [7, 11) is -3.68. The van der Waals surface area contributed by atoms with E-state index in [1.807, 2.05) is 44.2 Å². The van der Waals surface area contributed by atoms with E-state index in [-0.39, 0.29) is 37.7 Å². The van der Waals surface area contributed by atoms with Gasteiger partial charge in [0.15, 0.2) is 0 Å². The maximum absolute atomic E-state index is 13.9. The fraction of sp³-hybridized carbons (Fsp3) is 0.355. The number of nitrogens with zero attached hydrogens (tertiary/aromatic N) is 2. The third-order valence-electron chi connectivity index (χ3n) is 6.54. The molecule has 3 aromatic rings. The summed E-state index contributed by atoms with van der Waals surface area (Å²) < 4.78 is 32.4. The third-order valence-corrected chi connectivity index (χ3v) is 8.46. The molecule has 0 spiro atoms. The quantitative estimate of drug-likeness (QED) is 0.231. The Morgan fingerprint density at radius 3 is 2.26 bits per heavy atom. The van der Waals surface area contributed by atoms with Gasteiger partial charge >= 0.3 is 0 Å². The highest BCUT2D eigenvalue weighted by atomic mass is 35.5. The summed E-state index contributed by atoms with van der Waals surface area (Å²) in [5.74, 6) is -0.130. The van der Waals surface area contributed by atoms with Gasteiger partial charge in [0.05, 0.1) is 28.6 Å². The molecule has 3 aromatic carbocycles. The van der Waals surface area contributed by atoms with Gasteiger partial charge in [0.1, 0.15) is 11.8 Å². The SMILES string of the molecule is CCNC(=O)C(Cc1ccccc1)N(Cc1ccc(Cl)c(Cl)c1)C(=O)CCCN(c1ccccc1OCC)S(C)(=O)=O. The van der Waals surface area contributed by atoms with E-state index in [1.54, 1.807) is 42.5 Å². The normalized spacial score (nSPS) is 11.9. The number of hydrogen-bond donors (Lipinski definition) is 1. The Morgan fingerprint density at radius 1 is 0.929 bits per heavy atom. The minimum absolute atomic E-state index is 0.00877. The molecule has 0 saturated heterocycles. The summed E-state index contributed by atoms with van der Waals surface area (Å²) in [6.45, 7) is 4.60. The molecule has 0 saturated carbocycles. The zero-order valence-electron chi connectivity index (χ0n) is 24.1. The van der Waals surface area contributed by atoms with Gasteiger partial charge in [-0.05, 0) is 55.7 Å². The maximum atomic E-state index is 13.9. The average Bonchev–Trinajstić information content (AvgIpc) is 2.95. The number of ether oxygens (including phenoxy) is 1. The molecule has 2 amide bonds. The number of nitrogens with one attached hydrogen (secondary N) is 1. The van der Waals surface area contributed by atoms with E-state index >= 15 is 0 Å². The molecule has 0 aliphatic carbocycles. The molecule has 0 aliphatic heterocycles. The lowest BCUT2D eigenvalue weighted by molar-refractivity contribution is -0.141. The first-order chi connectivity index (χ1) is 20.0. The van der Waals surface area contributed by atoms with Crippen molar-refractivity contribution in [3.63, 3.8) is 0 Å². The number of hydrogen-bond acceptors (Lipinski definition) is 5. The third kappa shape index (κ3) is 9.37. The van der Waals surface area contributed by atoms with Crippen molar-refractivity contribution < 1.29 is 22.7 Å². The topological polar surface area (TPSA) is 96.0 Å². The number of carbonyl (C=O) groups is 2. The van der Waals surface area contributed by atoms with Crippen LogP contribution >= 0.6 is 23.2 Å². The second-order valence-electron chi connectivity index (χ2n) is 9.71.